The molecule has 0 saturated heterocycles. The molecule has 0 unspecified atom stereocenters. The van der Waals surface area contributed by atoms with E-state index < -0.39 is 4.92 Å². The molecule has 2 aromatic heterocycles. The molecular weight excluding hydrogens is 272 g/mol. The third-order valence-electron chi connectivity index (χ3n) is 3.18. The van der Waals surface area contributed by atoms with Crippen LogP contribution < -0.4 is 5.56 Å². The Bertz CT molecular complexity index is 855. The monoisotopic (exact) mass is 284 g/mol. The molecule has 0 spiro atoms. The molecule has 21 heavy (non-hydrogen) atoms. The molecule has 0 amide bonds. The maximum atomic E-state index is 12.0. The van der Waals surface area contributed by atoms with Crippen LogP contribution in [0, 0.1) is 10.1 Å². The lowest BCUT2D eigenvalue weighted by Gasteiger charge is -2.01. The topological polar surface area (TPSA) is 85.9 Å². The van der Waals surface area contributed by atoms with E-state index in [2.05, 4.69) is 5.10 Å². The Morgan fingerprint density at radius 1 is 1.19 bits per heavy atom. The second-order valence-electron chi connectivity index (χ2n) is 4.68. The van der Waals surface area contributed by atoms with Gasteiger partial charge in [-0.1, -0.05) is 0 Å². The summed E-state index contributed by atoms with van der Waals surface area (Å²) in [6, 6.07) is 9.19. The minimum absolute atomic E-state index is 0.0124. The second kappa shape index (κ2) is 4.78. The highest BCUT2D eigenvalue weighted by atomic mass is 16.6. The number of hydrogen-bond acceptors (Lipinski definition) is 3. The smallest absolute Gasteiger partial charge is 0.271 e. The number of hydrogen-bond donors (Lipinski definition) is 1. The molecule has 0 aliphatic heterocycles. The number of nitro groups is 1. The normalized spacial score (nSPS) is 10.7. The van der Waals surface area contributed by atoms with E-state index >= 15 is 0 Å². The number of benzene rings is 1. The van der Waals surface area contributed by atoms with E-state index in [1.807, 2.05) is 30.1 Å². The summed E-state index contributed by atoms with van der Waals surface area (Å²) in [5.74, 6) is 0. The van der Waals surface area contributed by atoms with Crippen molar-refractivity contribution >= 4 is 5.69 Å². The van der Waals surface area contributed by atoms with E-state index in [-0.39, 0.29) is 11.2 Å². The van der Waals surface area contributed by atoms with Gasteiger partial charge in [-0.05, 0) is 18.2 Å². The minimum atomic E-state index is -0.476. The zero-order valence-electron chi connectivity index (χ0n) is 11.2. The van der Waals surface area contributed by atoms with Gasteiger partial charge in [0, 0.05) is 43.2 Å². The van der Waals surface area contributed by atoms with Crippen molar-refractivity contribution in [1.29, 1.82) is 0 Å². The first-order chi connectivity index (χ1) is 10.0. The van der Waals surface area contributed by atoms with Gasteiger partial charge in [0.05, 0.1) is 16.3 Å². The highest BCUT2D eigenvalue weighted by Gasteiger charge is 2.10. The molecule has 1 aromatic carbocycles. The van der Waals surface area contributed by atoms with E-state index in [0.29, 0.717) is 11.4 Å². The number of nitrogens with zero attached hydrogens (tertiary/aromatic N) is 3. The molecule has 3 aromatic rings. The van der Waals surface area contributed by atoms with Crippen molar-refractivity contribution in [2.75, 3.05) is 0 Å². The lowest BCUT2D eigenvalue weighted by molar-refractivity contribution is -0.384. The molecule has 0 aliphatic rings. The number of aryl methyl sites for hydroxylation is 1. The molecule has 2 heterocycles. The highest BCUT2D eigenvalue weighted by molar-refractivity contribution is 5.58. The molecular formula is C14H12N4O3. The number of H-pyrrole nitrogens is 1. The molecule has 0 aliphatic carbocycles. The van der Waals surface area contributed by atoms with E-state index in [1.54, 1.807) is 0 Å². The molecule has 7 nitrogen and oxygen atoms in total. The molecule has 106 valence electrons. The van der Waals surface area contributed by atoms with Crippen LogP contribution in [0.3, 0.4) is 0 Å². The summed E-state index contributed by atoms with van der Waals surface area (Å²) in [6.45, 7) is 0. The van der Waals surface area contributed by atoms with Crippen LogP contribution in [-0.2, 0) is 7.05 Å². The summed E-state index contributed by atoms with van der Waals surface area (Å²) in [4.78, 5) is 22.2. The van der Waals surface area contributed by atoms with Crippen LogP contribution >= 0.6 is 0 Å². The van der Waals surface area contributed by atoms with Gasteiger partial charge in [-0.2, -0.15) is 0 Å². The van der Waals surface area contributed by atoms with Gasteiger partial charge in [0.2, 0.25) is 0 Å². The Hall–Kier alpha value is -3.09. The first-order valence-electron chi connectivity index (χ1n) is 6.24. The number of nitro benzene ring substituents is 1. The lowest BCUT2D eigenvalue weighted by atomic mass is 10.2. The number of non-ortho nitro benzene ring substituents is 1. The summed E-state index contributed by atoms with van der Waals surface area (Å²) >= 11 is 0. The fourth-order valence-electron chi connectivity index (χ4n) is 2.12. The molecule has 3 rings (SSSR count). The van der Waals surface area contributed by atoms with Crippen LogP contribution in [-0.4, -0.2) is 19.3 Å². The number of rotatable bonds is 3. The Morgan fingerprint density at radius 3 is 2.48 bits per heavy atom. The van der Waals surface area contributed by atoms with Gasteiger partial charge < -0.3 is 4.57 Å². The zero-order valence-corrected chi connectivity index (χ0v) is 11.2. The summed E-state index contributed by atoms with van der Waals surface area (Å²) in [5, 5.41) is 13.6. The summed E-state index contributed by atoms with van der Waals surface area (Å²) < 4.78 is 3.24. The average Bonchev–Trinajstić information content (AvgIpc) is 3.05. The third kappa shape index (κ3) is 2.36. The van der Waals surface area contributed by atoms with Gasteiger partial charge in [-0.25, -0.2) is 4.68 Å². The standard InChI is InChI=1S/C14H12N4O3/c1-16-7-6-10(9-16)13-8-14(19)17(15-13)11-2-4-12(5-3-11)18(20)21/h2-9,15H,1H3. The molecule has 0 bridgehead atoms. The van der Waals surface area contributed by atoms with E-state index in [4.69, 9.17) is 0 Å². The van der Waals surface area contributed by atoms with Crippen LogP contribution in [0.25, 0.3) is 16.9 Å². The zero-order chi connectivity index (χ0) is 15.0. The molecule has 0 saturated carbocycles. The number of aromatic nitrogens is 3. The van der Waals surface area contributed by atoms with Gasteiger partial charge in [-0.15, -0.1) is 0 Å². The van der Waals surface area contributed by atoms with Crippen LogP contribution in [0.5, 0.6) is 0 Å². The highest BCUT2D eigenvalue weighted by Crippen LogP contribution is 2.18. The fourth-order valence-corrected chi connectivity index (χ4v) is 2.12. The maximum Gasteiger partial charge on any atom is 0.271 e. The van der Waals surface area contributed by atoms with Gasteiger partial charge in [0.25, 0.3) is 11.2 Å². The molecule has 0 atom stereocenters. The lowest BCUT2D eigenvalue weighted by Crippen LogP contribution is -2.13. The maximum absolute atomic E-state index is 12.0. The van der Waals surface area contributed by atoms with Crippen molar-refractivity contribution in [2.45, 2.75) is 0 Å². The SMILES string of the molecule is Cn1ccc(-c2cc(=O)n(-c3ccc([N+](=O)[O-])cc3)[nH]2)c1. The number of aromatic amines is 1. The van der Waals surface area contributed by atoms with E-state index in [0.717, 1.165) is 5.56 Å². The second-order valence-corrected chi connectivity index (χ2v) is 4.68. The van der Waals surface area contributed by atoms with Crippen molar-refractivity contribution in [3.63, 3.8) is 0 Å². The first-order valence-corrected chi connectivity index (χ1v) is 6.24. The Balaban J connectivity index is 2.01. The molecule has 0 fully saturated rings. The largest absolute Gasteiger partial charge is 0.357 e. The minimum Gasteiger partial charge on any atom is -0.357 e. The van der Waals surface area contributed by atoms with Gasteiger partial charge in [0.1, 0.15) is 0 Å². The molecule has 7 heteroatoms. The van der Waals surface area contributed by atoms with Crippen molar-refractivity contribution < 1.29 is 4.92 Å². The van der Waals surface area contributed by atoms with Crippen LogP contribution in [0.1, 0.15) is 0 Å². The van der Waals surface area contributed by atoms with Crippen molar-refractivity contribution in [1.82, 2.24) is 14.3 Å². The van der Waals surface area contributed by atoms with Crippen molar-refractivity contribution in [2.24, 2.45) is 7.05 Å². The molecule has 0 radical (unpaired) electrons. The Labute approximate surface area is 119 Å². The van der Waals surface area contributed by atoms with E-state index in [9.17, 15) is 14.9 Å². The Kier molecular flexibility index (Phi) is 2.94. The van der Waals surface area contributed by atoms with Crippen LogP contribution in [0.4, 0.5) is 5.69 Å². The van der Waals surface area contributed by atoms with Crippen molar-refractivity contribution in [3.8, 4) is 16.9 Å². The predicted octanol–water partition coefficient (Wildman–Crippen LogP) is 2.08. The molecule has 1 N–H and O–H groups in total. The fraction of sp³-hybridized carbons (Fsp3) is 0.0714. The summed E-state index contributed by atoms with van der Waals surface area (Å²) in [5.41, 5.74) is 1.91. The van der Waals surface area contributed by atoms with Gasteiger partial charge >= 0.3 is 0 Å². The first kappa shape index (κ1) is 12.9. The number of nitrogens with one attached hydrogen (secondary N) is 1. The summed E-state index contributed by atoms with van der Waals surface area (Å²) in [6.07, 6.45) is 3.78. The average molecular weight is 284 g/mol. The third-order valence-corrected chi connectivity index (χ3v) is 3.18. The van der Waals surface area contributed by atoms with Crippen LogP contribution in [0.15, 0.2) is 53.6 Å². The van der Waals surface area contributed by atoms with E-state index in [1.165, 1.54) is 35.0 Å². The quantitative estimate of drug-likeness (QED) is 0.590. The van der Waals surface area contributed by atoms with Crippen LogP contribution in [0.2, 0.25) is 0 Å². The Morgan fingerprint density at radius 2 is 1.90 bits per heavy atom. The van der Waals surface area contributed by atoms with Gasteiger partial charge in [0.15, 0.2) is 0 Å². The predicted molar refractivity (Wildman–Crippen MR) is 77.5 cm³/mol. The van der Waals surface area contributed by atoms with Gasteiger partial charge in [-0.3, -0.25) is 20.0 Å². The van der Waals surface area contributed by atoms with Crippen molar-refractivity contribution in [3.05, 3.63) is 69.3 Å². The summed E-state index contributed by atoms with van der Waals surface area (Å²) in [7, 11) is 1.90.